The van der Waals surface area contributed by atoms with Gasteiger partial charge in [-0.25, -0.2) is 0 Å². The van der Waals surface area contributed by atoms with Crippen molar-refractivity contribution in [3.8, 4) is 0 Å². The van der Waals surface area contributed by atoms with Crippen LogP contribution in [0.15, 0.2) is 0 Å². The lowest BCUT2D eigenvalue weighted by atomic mass is 9.93. The van der Waals surface area contributed by atoms with Gasteiger partial charge in [0.15, 0.2) is 0 Å². The molecule has 0 aromatic carbocycles. The zero-order valence-electron chi connectivity index (χ0n) is 7.06. The van der Waals surface area contributed by atoms with E-state index in [2.05, 4.69) is 0 Å². The molecule has 0 aliphatic heterocycles. The predicted octanol–water partition coefficient (Wildman–Crippen LogP) is 3.44. The van der Waals surface area contributed by atoms with Crippen molar-refractivity contribution in [2.75, 3.05) is 5.88 Å². The maximum Gasteiger partial charge on any atom is 0.0251 e. The highest BCUT2D eigenvalue weighted by molar-refractivity contribution is 6.18. The second-order valence-electron chi connectivity index (χ2n) is 4.28. The molecule has 0 spiro atoms. The van der Waals surface area contributed by atoms with Gasteiger partial charge in [-0.15, -0.1) is 11.6 Å². The first-order chi connectivity index (χ1) is 5.40. The summed E-state index contributed by atoms with van der Waals surface area (Å²) in [6.45, 7) is 0. The average Bonchev–Trinajstić information content (AvgIpc) is 2.68. The van der Waals surface area contributed by atoms with Crippen LogP contribution in [-0.2, 0) is 0 Å². The van der Waals surface area contributed by atoms with Crippen molar-refractivity contribution in [1.29, 1.82) is 0 Å². The quantitative estimate of drug-likeness (QED) is 0.532. The number of rotatable bonds is 1. The van der Waals surface area contributed by atoms with Crippen molar-refractivity contribution in [2.45, 2.75) is 38.5 Å². The van der Waals surface area contributed by atoms with Gasteiger partial charge >= 0.3 is 0 Å². The SMILES string of the molecule is ClCC1CCCC2CC2CC1. The van der Waals surface area contributed by atoms with E-state index < -0.39 is 0 Å². The molecule has 0 nitrogen and oxygen atoms in total. The Labute approximate surface area is 74.3 Å². The van der Waals surface area contributed by atoms with Crippen molar-refractivity contribution in [3.05, 3.63) is 0 Å². The number of hydrogen-bond acceptors (Lipinski definition) is 0. The van der Waals surface area contributed by atoms with Crippen LogP contribution < -0.4 is 0 Å². The van der Waals surface area contributed by atoms with Gasteiger partial charge in [-0.3, -0.25) is 0 Å². The molecule has 0 aromatic heterocycles. The van der Waals surface area contributed by atoms with E-state index in [9.17, 15) is 0 Å². The van der Waals surface area contributed by atoms with Crippen LogP contribution in [0, 0.1) is 17.8 Å². The number of fused-ring (bicyclic) bond motifs is 1. The summed E-state index contributed by atoms with van der Waals surface area (Å²) in [5, 5.41) is 0. The molecule has 2 rings (SSSR count). The molecule has 0 aromatic rings. The van der Waals surface area contributed by atoms with Crippen LogP contribution in [0.3, 0.4) is 0 Å². The highest BCUT2D eigenvalue weighted by Gasteiger charge is 2.37. The van der Waals surface area contributed by atoms with E-state index in [0.717, 1.165) is 23.6 Å². The monoisotopic (exact) mass is 172 g/mol. The predicted molar refractivity (Wildman–Crippen MR) is 48.9 cm³/mol. The van der Waals surface area contributed by atoms with E-state index in [4.69, 9.17) is 11.6 Å². The Kier molecular flexibility index (Phi) is 2.41. The zero-order chi connectivity index (χ0) is 7.68. The van der Waals surface area contributed by atoms with Crippen molar-refractivity contribution in [1.82, 2.24) is 0 Å². The molecule has 0 heterocycles. The molecule has 3 atom stereocenters. The third-order valence-corrected chi connectivity index (χ3v) is 3.86. The largest absolute Gasteiger partial charge is 0.126 e. The van der Waals surface area contributed by atoms with Crippen LogP contribution >= 0.6 is 11.6 Å². The first-order valence-electron chi connectivity index (χ1n) is 4.96. The van der Waals surface area contributed by atoms with E-state index in [1.165, 1.54) is 38.5 Å². The van der Waals surface area contributed by atoms with Crippen LogP contribution in [0.5, 0.6) is 0 Å². The molecule has 0 amide bonds. The minimum Gasteiger partial charge on any atom is -0.126 e. The zero-order valence-corrected chi connectivity index (χ0v) is 7.82. The fourth-order valence-corrected chi connectivity index (χ4v) is 2.74. The lowest BCUT2D eigenvalue weighted by molar-refractivity contribution is 0.396. The molecule has 0 saturated heterocycles. The fraction of sp³-hybridized carbons (Fsp3) is 1.00. The minimum atomic E-state index is 0.846. The van der Waals surface area contributed by atoms with E-state index in [1.54, 1.807) is 0 Å². The number of alkyl halides is 1. The molecule has 11 heavy (non-hydrogen) atoms. The van der Waals surface area contributed by atoms with E-state index in [0.29, 0.717) is 0 Å². The molecule has 2 saturated carbocycles. The van der Waals surface area contributed by atoms with E-state index in [-0.39, 0.29) is 0 Å². The van der Waals surface area contributed by atoms with Crippen LogP contribution in [0.25, 0.3) is 0 Å². The van der Waals surface area contributed by atoms with Gasteiger partial charge in [0.2, 0.25) is 0 Å². The van der Waals surface area contributed by atoms with Crippen LogP contribution in [-0.4, -0.2) is 5.88 Å². The van der Waals surface area contributed by atoms with Gasteiger partial charge in [0.05, 0.1) is 0 Å². The summed E-state index contributed by atoms with van der Waals surface area (Å²) in [4.78, 5) is 0. The molecule has 0 bridgehead atoms. The normalized spacial score (nSPS) is 43.9. The molecule has 0 N–H and O–H groups in total. The maximum absolute atomic E-state index is 5.87. The van der Waals surface area contributed by atoms with Crippen LogP contribution in [0.2, 0.25) is 0 Å². The Morgan fingerprint density at radius 1 is 1.00 bits per heavy atom. The Morgan fingerprint density at radius 2 is 1.82 bits per heavy atom. The Bertz CT molecular complexity index is 133. The molecule has 2 aliphatic rings. The topological polar surface area (TPSA) is 0 Å². The van der Waals surface area contributed by atoms with Gasteiger partial charge in [0, 0.05) is 5.88 Å². The van der Waals surface area contributed by atoms with Crippen LogP contribution in [0.1, 0.15) is 38.5 Å². The van der Waals surface area contributed by atoms with Gasteiger partial charge in [-0.1, -0.05) is 12.8 Å². The Morgan fingerprint density at radius 3 is 2.64 bits per heavy atom. The van der Waals surface area contributed by atoms with Crippen molar-refractivity contribution < 1.29 is 0 Å². The summed E-state index contributed by atoms with van der Waals surface area (Å²) in [5.41, 5.74) is 0. The number of hydrogen-bond donors (Lipinski definition) is 0. The minimum absolute atomic E-state index is 0.846. The first kappa shape index (κ1) is 7.91. The lowest BCUT2D eigenvalue weighted by Gasteiger charge is -2.15. The van der Waals surface area contributed by atoms with Gasteiger partial charge in [-0.2, -0.15) is 0 Å². The smallest absolute Gasteiger partial charge is 0.0251 e. The van der Waals surface area contributed by atoms with Crippen molar-refractivity contribution >= 4 is 11.6 Å². The number of halogens is 1. The average molecular weight is 173 g/mol. The maximum atomic E-state index is 5.87. The molecule has 3 unspecified atom stereocenters. The van der Waals surface area contributed by atoms with Crippen LogP contribution in [0.4, 0.5) is 0 Å². The molecular weight excluding hydrogens is 156 g/mol. The first-order valence-corrected chi connectivity index (χ1v) is 5.49. The molecular formula is C10H17Cl. The second-order valence-corrected chi connectivity index (χ2v) is 4.59. The highest BCUT2D eigenvalue weighted by atomic mass is 35.5. The third kappa shape index (κ3) is 1.90. The third-order valence-electron chi connectivity index (χ3n) is 3.42. The second kappa shape index (κ2) is 3.35. The summed E-state index contributed by atoms with van der Waals surface area (Å²) >= 11 is 5.87. The summed E-state index contributed by atoms with van der Waals surface area (Å²) < 4.78 is 0. The lowest BCUT2D eigenvalue weighted by Crippen LogP contribution is -2.05. The summed E-state index contributed by atoms with van der Waals surface area (Å²) in [5.74, 6) is 3.99. The molecule has 1 heteroatoms. The highest BCUT2D eigenvalue weighted by Crippen LogP contribution is 2.48. The summed E-state index contributed by atoms with van der Waals surface area (Å²) in [6, 6.07) is 0. The fourth-order valence-electron chi connectivity index (χ4n) is 2.43. The van der Waals surface area contributed by atoms with Gasteiger partial charge < -0.3 is 0 Å². The standard InChI is InChI=1S/C10H17Cl/c11-7-8-2-1-3-9-6-10(9)5-4-8/h8-10H,1-7H2. The van der Waals surface area contributed by atoms with Gasteiger partial charge in [0.1, 0.15) is 0 Å². The molecule has 2 fully saturated rings. The summed E-state index contributed by atoms with van der Waals surface area (Å²) in [6.07, 6.45) is 8.76. The Hall–Kier alpha value is 0.290. The molecule has 0 radical (unpaired) electrons. The van der Waals surface area contributed by atoms with Crippen molar-refractivity contribution in [2.24, 2.45) is 17.8 Å². The summed E-state index contributed by atoms with van der Waals surface area (Å²) in [7, 11) is 0. The molecule has 2 aliphatic carbocycles. The van der Waals surface area contributed by atoms with Gasteiger partial charge in [0.25, 0.3) is 0 Å². The Balaban J connectivity index is 1.80. The van der Waals surface area contributed by atoms with Gasteiger partial charge in [-0.05, 0) is 43.4 Å². The van der Waals surface area contributed by atoms with E-state index >= 15 is 0 Å². The van der Waals surface area contributed by atoms with E-state index in [1.807, 2.05) is 0 Å². The van der Waals surface area contributed by atoms with Crippen molar-refractivity contribution in [3.63, 3.8) is 0 Å². The molecule has 64 valence electrons.